The molecule has 2 rings (SSSR count). The SMILES string of the molecule is CCC(NCC1(OC)CCOCC1)C1CC1. The van der Waals surface area contributed by atoms with Gasteiger partial charge in [-0.3, -0.25) is 0 Å². The summed E-state index contributed by atoms with van der Waals surface area (Å²) in [4.78, 5) is 0. The maximum atomic E-state index is 5.73. The Morgan fingerprint density at radius 1 is 1.38 bits per heavy atom. The van der Waals surface area contributed by atoms with E-state index < -0.39 is 0 Å². The Morgan fingerprint density at radius 2 is 2.06 bits per heavy atom. The van der Waals surface area contributed by atoms with Gasteiger partial charge in [-0.15, -0.1) is 0 Å². The maximum absolute atomic E-state index is 5.73. The van der Waals surface area contributed by atoms with Crippen LogP contribution < -0.4 is 5.32 Å². The third kappa shape index (κ3) is 2.96. The van der Waals surface area contributed by atoms with Gasteiger partial charge in [-0.25, -0.2) is 0 Å². The van der Waals surface area contributed by atoms with Crippen molar-refractivity contribution in [1.29, 1.82) is 0 Å². The lowest BCUT2D eigenvalue weighted by Gasteiger charge is -2.37. The second kappa shape index (κ2) is 5.48. The summed E-state index contributed by atoms with van der Waals surface area (Å²) in [7, 11) is 1.84. The monoisotopic (exact) mass is 227 g/mol. The van der Waals surface area contributed by atoms with Gasteiger partial charge in [0.1, 0.15) is 0 Å². The van der Waals surface area contributed by atoms with Gasteiger partial charge in [0.25, 0.3) is 0 Å². The Kier molecular flexibility index (Phi) is 4.22. The van der Waals surface area contributed by atoms with Gasteiger partial charge in [-0.2, -0.15) is 0 Å². The van der Waals surface area contributed by atoms with Crippen LogP contribution in [0.2, 0.25) is 0 Å². The second-order valence-corrected chi connectivity index (χ2v) is 5.23. The van der Waals surface area contributed by atoms with E-state index >= 15 is 0 Å². The highest BCUT2D eigenvalue weighted by Crippen LogP contribution is 2.34. The Morgan fingerprint density at radius 3 is 2.56 bits per heavy atom. The standard InChI is InChI=1S/C13H25NO2/c1-3-12(11-4-5-11)14-10-13(15-2)6-8-16-9-7-13/h11-12,14H,3-10H2,1-2H3. The fraction of sp³-hybridized carbons (Fsp3) is 1.00. The lowest BCUT2D eigenvalue weighted by atomic mass is 9.93. The van der Waals surface area contributed by atoms with E-state index in [0.29, 0.717) is 6.04 Å². The third-order valence-corrected chi connectivity index (χ3v) is 4.15. The molecule has 0 bridgehead atoms. The molecule has 1 N–H and O–H groups in total. The molecule has 0 aromatic rings. The van der Waals surface area contributed by atoms with Crippen LogP contribution in [-0.2, 0) is 9.47 Å². The smallest absolute Gasteiger partial charge is 0.0846 e. The van der Waals surface area contributed by atoms with Gasteiger partial charge in [-0.1, -0.05) is 6.92 Å². The maximum Gasteiger partial charge on any atom is 0.0846 e. The van der Waals surface area contributed by atoms with Crippen molar-refractivity contribution in [3.05, 3.63) is 0 Å². The van der Waals surface area contributed by atoms with Gasteiger partial charge < -0.3 is 14.8 Å². The van der Waals surface area contributed by atoms with Crippen LogP contribution >= 0.6 is 0 Å². The predicted octanol–water partition coefficient (Wildman–Crippen LogP) is 1.96. The van der Waals surface area contributed by atoms with E-state index in [0.717, 1.165) is 38.5 Å². The van der Waals surface area contributed by atoms with Crippen molar-refractivity contribution in [3.8, 4) is 0 Å². The van der Waals surface area contributed by atoms with Crippen LogP contribution in [0.3, 0.4) is 0 Å². The van der Waals surface area contributed by atoms with Gasteiger partial charge in [0.2, 0.25) is 0 Å². The second-order valence-electron chi connectivity index (χ2n) is 5.23. The molecule has 1 saturated heterocycles. The van der Waals surface area contributed by atoms with Gasteiger partial charge in [0, 0.05) is 45.8 Å². The zero-order chi connectivity index (χ0) is 11.4. The topological polar surface area (TPSA) is 30.5 Å². The molecule has 16 heavy (non-hydrogen) atoms. The van der Waals surface area contributed by atoms with Crippen LogP contribution in [0.1, 0.15) is 39.0 Å². The Hall–Kier alpha value is -0.120. The van der Waals surface area contributed by atoms with Crippen LogP contribution in [0.5, 0.6) is 0 Å². The first-order chi connectivity index (χ1) is 7.79. The molecule has 1 aliphatic heterocycles. The van der Waals surface area contributed by atoms with Crippen LogP contribution in [0, 0.1) is 5.92 Å². The molecule has 1 heterocycles. The largest absolute Gasteiger partial charge is 0.381 e. The van der Waals surface area contributed by atoms with E-state index in [9.17, 15) is 0 Å². The first-order valence-electron chi connectivity index (χ1n) is 6.66. The van der Waals surface area contributed by atoms with Crippen LogP contribution in [0.25, 0.3) is 0 Å². The molecule has 0 amide bonds. The van der Waals surface area contributed by atoms with Crippen LogP contribution in [-0.4, -0.2) is 38.5 Å². The molecular formula is C13H25NO2. The number of rotatable bonds is 6. The van der Waals surface area contributed by atoms with Gasteiger partial charge in [0.15, 0.2) is 0 Å². The summed E-state index contributed by atoms with van der Waals surface area (Å²) >= 11 is 0. The van der Waals surface area contributed by atoms with Crippen molar-refractivity contribution < 1.29 is 9.47 Å². The van der Waals surface area contributed by atoms with Gasteiger partial charge in [-0.05, 0) is 25.2 Å². The molecule has 94 valence electrons. The van der Waals surface area contributed by atoms with E-state index in [1.807, 2.05) is 7.11 Å². The molecule has 1 saturated carbocycles. The molecule has 0 radical (unpaired) electrons. The zero-order valence-electron chi connectivity index (χ0n) is 10.6. The molecule has 2 fully saturated rings. The number of nitrogens with one attached hydrogen (secondary N) is 1. The van der Waals surface area contributed by atoms with Crippen molar-refractivity contribution in [2.24, 2.45) is 5.92 Å². The average Bonchev–Trinajstić information content (AvgIpc) is 3.16. The van der Waals surface area contributed by atoms with E-state index in [1.54, 1.807) is 0 Å². The lowest BCUT2D eigenvalue weighted by Crippen LogP contribution is -2.49. The number of hydrogen-bond acceptors (Lipinski definition) is 3. The fourth-order valence-corrected chi connectivity index (χ4v) is 2.66. The summed E-state index contributed by atoms with van der Waals surface area (Å²) in [6, 6.07) is 0.704. The normalized spacial score (nSPS) is 26.6. The van der Waals surface area contributed by atoms with Gasteiger partial charge >= 0.3 is 0 Å². The molecule has 0 aromatic heterocycles. The van der Waals surface area contributed by atoms with Crippen molar-refractivity contribution in [1.82, 2.24) is 5.32 Å². The summed E-state index contributed by atoms with van der Waals surface area (Å²) in [6.45, 7) is 4.95. The summed E-state index contributed by atoms with van der Waals surface area (Å²) in [6.07, 6.45) is 6.11. The van der Waals surface area contributed by atoms with Crippen molar-refractivity contribution in [2.75, 3.05) is 26.9 Å². The predicted molar refractivity (Wildman–Crippen MR) is 64.6 cm³/mol. The first kappa shape index (κ1) is 12.3. The average molecular weight is 227 g/mol. The summed E-state index contributed by atoms with van der Waals surface area (Å²) in [5, 5.41) is 3.71. The Labute approximate surface area is 98.9 Å². The molecular weight excluding hydrogens is 202 g/mol. The van der Waals surface area contributed by atoms with Crippen molar-refractivity contribution >= 4 is 0 Å². The summed E-state index contributed by atoms with van der Waals surface area (Å²) < 4.78 is 11.1. The first-order valence-corrected chi connectivity index (χ1v) is 6.66. The molecule has 1 unspecified atom stereocenters. The lowest BCUT2D eigenvalue weighted by molar-refractivity contribution is -0.0889. The molecule has 1 atom stereocenters. The van der Waals surface area contributed by atoms with E-state index in [4.69, 9.17) is 9.47 Å². The van der Waals surface area contributed by atoms with E-state index in [-0.39, 0.29) is 5.60 Å². The highest BCUT2D eigenvalue weighted by Gasteiger charge is 2.35. The minimum Gasteiger partial charge on any atom is -0.381 e. The molecule has 3 nitrogen and oxygen atoms in total. The summed E-state index contributed by atoms with van der Waals surface area (Å²) in [5.74, 6) is 0.929. The minimum atomic E-state index is 0.0283. The molecule has 0 aromatic carbocycles. The number of hydrogen-bond donors (Lipinski definition) is 1. The van der Waals surface area contributed by atoms with Crippen molar-refractivity contribution in [2.45, 2.75) is 50.7 Å². The van der Waals surface area contributed by atoms with Gasteiger partial charge in [0.05, 0.1) is 5.60 Å². The third-order valence-electron chi connectivity index (χ3n) is 4.15. The highest BCUT2D eigenvalue weighted by molar-refractivity contribution is 4.91. The number of methoxy groups -OCH3 is 1. The molecule has 0 spiro atoms. The zero-order valence-corrected chi connectivity index (χ0v) is 10.6. The van der Waals surface area contributed by atoms with E-state index in [2.05, 4.69) is 12.2 Å². The Bertz CT molecular complexity index is 210. The van der Waals surface area contributed by atoms with Crippen LogP contribution in [0.15, 0.2) is 0 Å². The van der Waals surface area contributed by atoms with E-state index in [1.165, 1.54) is 19.3 Å². The minimum absolute atomic E-state index is 0.0283. The summed E-state index contributed by atoms with van der Waals surface area (Å²) in [5.41, 5.74) is 0.0283. The van der Waals surface area contributed by atoms with Crippen LogP contribution in [0.4, 0.5) is 0 Å². The molecule has 3 heteroatoms. The fourth-order valence-electron chi connectivity index (χ4n) is 2.66. The number of ether oxygens (including phenoxy) is 2. The Balaban J connectivity index is 1.80. The molecule has 2 aliphatic rings. The van der Waals surface area contributed by atoms with Crippen molar-refractivity contribution in [3.63, 3.8) is 0 Å². The quantitative estimate of drug-likeness (QED) is 0.752. The highest BCUT2D eigenvalue weighted by atomic mass is 16.5. The molecule has 1 aliphatic carbocycles.